The van der Waals surface area contributed by atoms with Gasteiger partial charge in [-0.2, -0.15) is 24.9 Å². The third-order valence-electron chi connectivity index (χ3n) is 2.76. The fourth-order valence-electron chi connectivity index (χ4n) is 1.81. The van der Waals surface area contributed by atoms with Crippen LogP contribution < -0.4 is 5.73 Å². The fraction of sp³-hybridized carbons (Fsp3) is 0.909. The highest BCUT2D eigenvalue weighted by Crippen LogP contribution is 2.15. The molecule has 112 valence electrons. The summed E-state index contributed by atoms with van der Waals surface area (Å²) >= 11 is 1.89. The topological polar surface area (TPSA) is 44.9 Å². The Morgan fingerprint density at radius 3 is 2.58 bits per heavy atom. The summed E-state index contributed by atoms with van der Waals surface area (Å²) in [5.41, 5.74) is 5.84. The number of alkyl halides is 3. The van der Waals surface area contributed by atoms with Crippen LogP contribution in [0.4, 0.5) is 13.2 Å². The van der Waals surface area contributed by atoms with Crippen LogP contribution in [0.5, 0.6) is 0 Å². The Labute approximate surface area is 116 Å². The second-order valence-electron chi connectivity index (χ2n) is 4.55. The zero-order valence-corrected chi connectivity index (χ0v) is 11.9. The highest BCUT2D eigenvalue weighted by molar-refractivity contribution is 7.99. The summed E-state index contributed by atoms with van der Waals surface area (Å²) in [5.74, 6) is 2.61. The number of halogens is 3. The van der Waals surface area contributed by atoms with Gasteiger partial charge in [-0.15, -0.1) is 0 Å². The van der Waals surface area contributed by atoms with Crippen molar-refractivity contribution in [2.45, 2.75) is 12.6 Å². The number of nitrogens with two attached hydrogens (primary N) is 1. The van der Waals surface area contributed by atoms with E-state index in [-0.39, 0.29) is 0 Å². The molecule has 0 aromatic rings. The average molecular weight is 298 g/mol. The Hall–Kier alpha value is -0.630. The summed E-state index contributed by atoms with van der Waals surface area (Å²) in [7, 11) is 1.46. The molecule has 0 aromatic carbocycles. The highest BCUT2D eigenvalue weighted by Gasteiger charge is 2.28. The van der Waals surface area contributed by atoms with Crippen molar-refractivity contribution in [2.75, 3.05) is 51.3 Å². The lowest BCUT2D eigenvalue weighted by Crippen LogP contribution is -2.42. The van der Waals surface area contributed by atoms with Crippen molar-refractivity contribution in [2.24, 2.45) is 10.7 Å². The van der Waals surface area contributed by atoms with E-state index in [1.54, 1.807) is 0 Å². The van der Waals surface area contributed by atoms with Gasteiger partial charge in [0, 0.05) is 31.1 Å². The molecule has 8 heteroatoms. The quantitative estimate of drug-likeness (QED) is 0.471. The molecule has 1 rings (SSSR count). The normalized spacial score (nSPS) is 18.2. The molecule has 0 spiro atoms. The summed E-state index contributed by atoms with van der Waals surface area (Å²) in [6, 6.07) is 0. The summed E-state index contributed by atoms with van der Waals surface area (Å²) in [6.45, 7) is 1.75. The first kappa shape index (κ1) is 16.4. The van der Waals surface area contributed by atoms with E-state index in [0.29, 0.717) is 25.5 Å². The zero-order valence-electron chi connectivity index (χ0n) is 11.1. The molecule has 1 heterocycles. The van der Waals surface area contributed by atoms with E-state index in [1.807, 2.05) is 16.7 Å². The molecule has 2 N–H and O–H groups in total. The molecule has 0 unspecified atom stereocenters. The predicted octanol–water partition coefficient (Wildman–Crippen LogP) is 1.23. The third kappa shape index (κ3) is 7.51. The number of guanidine groups is 1. The first-order valence-corrected chi connectivity index (χ1v) is 7.42. The number of nitrogens with zero attached hydrogens (tertiary/aromatic N) is 3. The van der Waals surface area contributed by atoms with Crippen molar-refractivity contribution in [3.8, 4) is 0 Å². The zero-order chi connectivity index (χ0) is 14.3. The van der Waals surface area contributed by atoms with Crippen LogP contribution in [0.25, 0.3) is 0 Å². The van der Waals surface area contributed by atoms with Crippen molar-refractivity contribution in [1.29, 1.82) is 0 Å². The Balaban J connectivity index is 2.18. The molecule has 1 fully saturated rings. The van der Waals surface area contributed by atoms with Gasteiger partial charge < -0.3 is 10.6 Å². The van der Waals surface area contributed by atoms with Crippen molar-refractivity contribution in [1.82, 2.24) is 9.80 Å². The van der Waals surface area contributed by atoms with Gasteiger partial charge in [0.05, 0.1) is 6.54 Å². The summed E-state index contributed by atoms with van der Waals surface area (Å²) < 4.78 is 36.3. The van der Waals surface area contributed by atoms with Gasteiger partial charge in [-0.05, 0) is 20.0 Å². The second kappa shape index (κ2) is 7.84. The van der Waals surface area contributed by atoms with Crippen LogP contribution in [0.2, 0.25) is 0 Å². The van der Waals surface area contributed by atoms with Crippen LogP contribution in [0.3, 0.4) is 0 Å². The van der Waals surface area contributed by atoms with E-state index in [4.69, 9.17) is 5.73 Å². The predicted molar refractivity (Wildman–Crippen MR) is 73.6 cm³/mol. The number of rotatable bonds is 5. The number of hydrogen-bond acceptors (Lipinski definition) is 3. The maximum atomic E-state index is 12.1. The number of aliphatic imine (C=N–C) groups is 1. The van der Waals surface area contributed by atoms with Crippen molar-refractivity contribution < 1.29 is 13.2 Å². The lowest BCUT2D eigenvalue weighted by atomic mass is 10.4. The van der Waals surface area contributed by atoms with Gasteiger partial charge in [-0.3, -0.25) is 9.89 Å². The van der Waals surface area contributed by atoms with Gasteiger partial charge in [0.25, 0.3) is 0 Å². The molecule has 1 saturated heterocycles. The van der Waals surface area contributed by atoms with Crippen LogP contribution in [0.15, 0.2) is 4.99 Å². The highest BCUT2D eigenvalue weighted by atomic mass is 32.2. The van der Waals surface area contributed by atoms with E-state index >= 15 is 0 Å². The molecule has 0 aliphatic carbocycles. The average Bonchev–Trinajstić information content (AvgIpc) is 2.33. The van der Waals surface area contributed by atoms with E-state index in [1.165, 1.54) is 11.9 Å². The molecule has 1 aliphatic heterocycles. The maximum absolute atomic E-state index is 12.1. The molecule has 0 radical (unpaired) electrons. The molecule has 19 heavy (non-hydrogen) atoms. The van der Waals surface area contributed by atoms with Crippen molar-refractivity contribution >= 4 is 17.7 Å². The van der Waals surface area contributed by atoms with E-state index in [9.17, 15) is 13.2 Å². The van der Waals surface area contributed by atoms with Crippen LogP contribution in [-0.4, -0.2) is 73.2 Å². The van der Waals surface area contributed by atoms with Crippen LogP contribution in [0.1, 0.15) is 6.42 Å². The standard InChI is InChI=1S/C11H21F3N4S/c1-17(9-11(12,13)14)4-2-3-16-10(15)18-5-7-19-8-6-18/h2-9H2,1H3,(H2,15,16). The molecule has 4 nitrogen and oxygen atoms in total. The molecule has 0 atom stereocenters. The van der Waals surface area contributed by atoms with Gasteiger partial charge in [0.1, 0.15) is 0 Å². The van der Waals surface area contributed by atoms with Crippen molar-refractivity contribution in [3.05, 3.63) is 0 Å². The van der Waals surface area contributed by atoms with Gasteiger partial charge in [0.15, 0.2) is 5.96 Å². The monoisotopic (exact) mass is 298 g/mol. The van der Waals surface area contributed by atoms with Gasteiger partial charge in [-0.1, -0.05) is 0 Å². The van der Waals surface area contributed by atoms with Gasteiger partial charge in [0.2, 0.25) is 0 Å². The van der Waals surface area contributed by atoms with E-state index < -0.39 is 12.7 Å². The molecular weight excluding hydrogens is 277 g/mol. The van der Waals surface area contributed by atoms with Gasteiger partial charge in [-0.25, -0.2) is 0 Å². The largest absolute Gasteiger partial charge is 0.401 e. The molecule has 0 amide bonds. The van der Waals surface area contributed by atoms with Gasteiger partial charge >= 0.3 is 6.18 Å². The maximum Gasteiger partial charge on any atom is 0.401 e. The van der Waals surface area contributed by atoms with Crippen LogP contribution >= 0.6 is 11.8 Å². The Kier molecular flexibility index (Phi) is 6.78. The van der Waals surface area contributed by atoms with Crippen LogP contribution in [-0.2, 0) is 0 Å². The number of thioether (sulfide) groups is 1. The lowest BCUT2D eigenvalue weighted by molar-refractivity contribution is -0.143. The minimum absolute atomic E-state index is 0.367. The summed E-state index contributed by atoms with van der Waals surface area (Å²) in [4.78, 5) is 7.50. The molecule has 0 aromatic heterocycles. The SMILES string of the molecule is CN(CCCN=C(N)N1CCSCC1)CC(F)(F)F. The smallest absolute Gasteiger partial charge is 0.370 e. The Morgan fingerprint density at radius 1 is 1.37 bits per heavy atom. The first-order chi connectivity index (χ1) is 8.88. The molecular formula is C11H21F3N4S. The second-order valence-corrected chi connectivity index (χ2v) is 5.77. The third-order valence-corrected chi connectivity index (χ3v) is 3.70. The molecule has 0 saturated carbocycles. The summed E-state index contributed by atoms with van der Waals surface area (Å²) in [5, 5.41) is 0. The first-order valence-electron chi connectivity index (χ1n) is 6.26. The van der Waals surface area contributed by atoms with E-state index in [2.05, 4.69) is 4.99 Å². The minimum atomic E-state index is -4.14. The lowest BCUT2D eigenvalue weighted by Gasteiger charge is -2.27. The fourth-order valence-corrected chi connectivity index (χ4v) is 2.71. The summed E-state index contributed by atoms with van der Waals surface area (Å²) in [6.07, 6.45) is -3.56. The molecule has 1 aliphatic rings. The van der Waals surface area contributed by atoms with Crippen molar-refractivity contribution in [3.63, 3.8) is 0 Å². The minimum Gasteiger partial charge on any atom is -0.370 e. The van der Waals surface area contributed by atoms with E-state index in [0.717, 1.165) is 24.6 Å². The molecule has 0 bridgehead atoms. The Bertz CT molecular complexity index is 290. The Morgan fingerprint density at radius 2 is 2.00 bits per heavy atom. The van der Waals surface area contributed by atoms with Crippen LogP contribution in [0, 0.1) is 0 Å². The number of hydrogen-bond donors (Lipinski definition) is 1.